The number of aliphatic hydroxyl groups is 2. The van der Waals surface area contributed by atoms with Crippen LogP contribution in [0.2, 0.25) is 0 Å². The molecule has 5 aromatic carbocycles. The third kappa shape index (κ3) is 153. The van der Waals surface area contributed by atoms with Crippen molar-refractivity contribution in [2.75, 3.05) is 13.2 Å². The van der Waals surface area contributed by atoms with E-state index in [1.807, 2.05) is 50.4 Å². The molecule has 7 rings (SSSR count). The van der Waals surface area contributed by atoms with E-state index < -0.39 is 12.1 Å². The smallest absolute Gasteiger partial charge is 0.303 e. The summed E-state index contributed by atoms with van der Waals surface area (Å²) in [5, 5.41) is 27.7. The van der Waals surface area contributed by atoms with Crippen LogP contribution in [-0.2, 0) is 49.7 Å². The van der Waals surface area contributed by atoms with Gasteiger partial charge < -0.3 is 21.1 Å². The van der Waals surface area contributed by atoms with Crippen LogP contribution >= 0.6 is 11.3 Å². The van der Waals surface area contributed by atoms with E-state index >= 15 is 0 Å². The molecule has 0 spiro atoms. The number of aryl methyl sites for hydroxylation is 7. The molecular formula is C138H248N2O4S. The first-order valence-electron chi connectivity index (χ1n) is 58.4. The van der Waals surface area contributed by atoms with Gasteiger partial charge in [-0.25, -0.2) is 0 Å². The van der Waals surface area contributed by atoms with Crippen LogP contribution in [0.1, 0.15) is 533 Å². The number of unbranched alkanes of at least 4 members (excludes halogenated alkanes) is 17. The Kier molecular flexibility index (Phi) is 101. The maximum absolute atomic E-state index is 10.0. The van der Waals surface area contributed by atoms with Crippen molar-refractivity contribution in [3.63, 3.8) is 0 Å². The van der Waals surface area contributed by atoms with Gasteiger partial charge in [0.2, 0.25) is 0 Å². The highest BCUT2D eigenvalue weighted by molar-refractivity contribution is 7.09. The molecule has 0 saturated carbocycles. The molecule has 2 heterocycles. The Bertz CT molecular complexity index is 3690. The van der Waals surface area contributed by atoms with Crippen molar-refractivity contribution in [1.82, 2.24) is 4.98 Å². The van der Waals surface area contributed by atoms with Crippen LogP contribution < -0.4 is 5.73 Å². The second-order valence-electron chi connectivity index (χ2n) is 53.6. The molecule has 145 heavy (non-hydrogen) atoms. The van der Waals surface area contributed by atoms with Gasteiger partial charge in [-0.1, -0.05) is 542 Å². The highest BCUT2D eigenvalue weighted by Gasteiger charge is 2.16. The van der Waals surface area contributed by atoms with Crippen LogP contribution in [0, 0.1) is 66.5 Å². The summed E-state index contributed by atoms with van der Waals surface area (Å²) < 4.78 is 0. The molecule has 1 unspecified atom stereocenters. The van der Waals surface area contributed by atoms with Crippen LogP contribution in [0.5, 0.6) is 0 Å². The number of rotatable bonds is 45. The van der Waals surface area contributed by atoms with Crippen LogP contribution in [0.4, 0.5) is 0 Å². The Morgan fingerprint density at radius 2 is 0.600 bits per heavy atom. The molecule has 0 radical (unpaired) electrons. The van der Waals surface area contributed by atoms with Crippen molar-refractivity contribution < 1.29 is 20.1 Å². The number of carbonyl (C=O) groups is 1. The van der Waals surface area contributed by atoms with Gasteiger partial charge in [-0.3, -0.25) is 9.78 Å². The van der Waals surface area contributed by atoms with E-state index in [9.17, 15) is 4.79 Å². The SMILES string of the molecule is C=CCCCC.CC(C)(C)C.CC(C)(C)CCC(=O)O.CC(C)(C)CCCCCCCCc1ccccc1.CC(C)(C)CCCCCCc1ccccc1.CC(C)(C)CCCCCc1ccccc1.CC(C)(C)CCCCc1ccccc1.CC(C)(C)CCCN.CC(C)(C)CCCc1ccccn1.CC(C)(C)CCc1cccs1.CC(C)C.CC(C)C.CC(C)CCC(O)CO.CCCCCCCc1ccccc1. The molecular weight excluding hydrogens is 1780 g/mol. The van der Waals surface area contributed by atoms with Crippen molar-refractivity contribution in [2.45, 2.75) is 545 Å². The Morgan fingerprint density at radius 1 is 0.331 bits per heavy atom. The average Bonchev–Trinajstić information content (AvgIpc) is 1.90. The molecule has 5 N–H and O–H groups in total. The minimum Gasteiger partial charge on any atom is -0.481 e. The van der Waals surface area contributed by atoms with Crippen LogP contribution in [-0.4, -0.2) is 45.5 Å². The number of allylic oxidation sites excluding steroid dienone is 1. The molecule has 7 aromatic rings. The predicted molar refractivity (Wildman–Crippen MR) is 661 cm³/mol. The molecule has 0 aliphatic heterocycles. The fourth-order valence-electron chi connectivity index (χ4n) is 13.7. The van der Waals surface area contributed by atoms with Gasteiger partial charge in [-0.2, -0.15) is 0 Å². The maximum atomic E-state index is 10.0. The van der Waals surface area contributed by atoms with Gasteiger partial charge in [0, 0.05) is 23.2 Å². The van der Waals surface area contributed by atoms with E-state index in [1.165, 1.54) is 276 Å². The van der Waals surface area contributed by atoms with E-state index in [2.05, 4.69) is 435 Å². The number of thiophene rings is 1. The summed E-state index contributed by atoms with van der Waals surface area (Å²) >= 11 is 1.86. The summed E-state index contributed by atoms with van der Waals surface area (Å²) in [4.78, 5) is 15.9. The zero-order chi connectivity index (χ0) is 112. The molecule has 0 aliphatic rings. The number of aromatic nitrogens is 1. The summed E-state index contributed by atoms with van der Waals surface area (Å²) in [5.41, 5.74) is 18.1. The summed E-state index contributed by atoms with van der Waals surface area (Å²) in [6.45, 7) is 89.2. The first kappa shape index (κ1) is 152. The Morgan fingerprint density at radius 3 is 0.834 bits per heavy atom. The molecule has 0 aliphatic carbocycles. The predicted octanol–water partition coefficient (Wildman–Crippen LogP) is 44.1. The van der Waals surface area contributed by atoms with Crippen molar-refractivity contribution in [3.8, 4) is 0 Å². The molecule has 0 saturated heterocycles. The minimum atomic E-state index is -0.704. The summed E-state index contributed by atoms with van der Waals surface area (Å²) in [7, 11) is 0. The highest BCUT2D eigenvalue weighted by atomic mass is 32.1. The summed E-state index contributed by atoms with van der Waals surface area (Å²) in [5.74, 6) is 1.58. The van der Waals surface area contributed by atoms with Gasteiger partial charge in [0.1, 0.15) is 0 Å². The zero-order valence-electron chi connectivity index (χ0n) is 104. The summed E-state index contributed by atoms with van der Waals surface area (Å²) in [6.07, 6.45) is 57.5. The van der Waals surface area contributed by atoms with Gasteiger partial charge in [-0.15, -0.1) is 17.9 Å². The van der Waals surface area contributed by atoms with E-state index in [1.54, 1.807) is 0 Å². The highest BCUT2D eigenvalue weighted by Crippen LogP contribution is 2.29. The van der Waals surface area contributed by atoms with Crippen molar-refractivity contribution in [3.05, 3.63) is 245 Å². The molecule has 0 amide bonds. The zero-order valence-corrected chi connectivity index (χ0v) is 104. The number of carboxylic acids is 1. The lowest BCUT2D eigenvalue weighted by molar-refractivity contribution is -0.137. The quantitative estimate of drug-likeness (QED) is 0.0223. The van der Waals surface area contributed by atoms with Gasteiger partial charge in [0.15, 0.2) is 0 Å². The number of nitrogens with zero attached hydrogens (tertiary/aromatic N) is 1. The van der Waals surface area contributed by atoms with E-state index in [-0.39, 0.29) is 18.4 Å². The fraction of sp³-hybridized carbons (Fsp3) is 0.696. The number of carboxylic acid groups (broad SMARTS) is 1. The molecule has 840 valence electrons. The Hall–Kier alpha value is -5.96. The topological polar surface area (TPSA) is 117 Å². The lowest BCUT2D eigenvalue weighted by Crippen LogP contribution is -2.12. The number of pyridine rings is 1. The van der Waals surface area contributed by atoms with Crippen molar-refractivity contribution in [1.29, 1.82) is 0 Å². The Balaban J connectivity index is -0.000000288. The van der Waals surface area contributed by atoms with Gasteiger partial charge in [0.25, 0.3) is 0 Å². The van der Waals surface area contributed by atoms with Crippen molar-refractivity contribution in [2.24, 2.45) is 72.2 Å². The molecule has 7 heteroatoms. The van der Waals surface area contributed by atoms with E-state index in [0.717, 1.165) is 44.1 Å². The third-order valence-corrected chi connectivity index (χ3v) is 23.1. The first-order chi connectivity index (χ1) is 67.4. The summed E-state index contributed by atoms with van der Waals surface area (Å²) in [6, 6.07) is 64.5. The molecule has 6 nitrogen and oxygen atoms in total. The van der Waals surface area contributed by atoms with Gasteiger partial charge in [-0.05, 0) is 285 Å². The van der Waals surface area contributed by atoms with Gasteiger partial charge in [0.05, 0.1) is 12.7 Å². The van der Waals surface area contributed by atoms with Crippen molar-refractivity contribution >= 4 is 17.3 Å². The number of aliphatic hydroxyl groups excluding tert-OH is 2. The molecule has 0 bridgehead atoms. The number of aliphatic carboxylic acids is 1. The number of benzene rings is 5. The minimum absolute atomic E-state index is 0.104. The fourth-order valence-corrected chi connectivity index (χ4v) is 14.4. The second kappa shape index (κ2) is 96.3. The lowest BCUT2D eigenvalue weighted by Gasteiger charge is -2.17. The second-order valence-corrected chi connectivity index (χ2v) is 54.7. The standard InChI is InChI=1S/C18H30.C16H26.C15H24.C14H22.C13H20.C12H19N.C10H16S.C7H17N.C7H14O2.C7H16O2.C6H12.C5H12.2C4H10/c1-18(2,3)16-12-7-5-4-6-9-13-17-14-10-8-11-15-17;1-16(2,3)14-10-5-4-7-11-15-12-8-6-9-13-15;1-15(2,3)13-9-5-8-12-14-10-6-4-7-11-14;1-14(2,3)12-8-7-11-13-9-5-4-6-10-13;1-2-3-4-5-7-10-13-11-8-6-9-12-13;1-12(2,3)9-6-8-11-7-4-5-10-13-11;1-10(2,3)7-6-9-5-4-8-11-9;1-7(2,3)5-4-6-8;1-7(2,3)5-4-6(8)9;1-6(2)3-4-7(9)5-8;1-3-5-6-4-2;1-5(2,3)4;2*1-4(2)3/h8,10-11,14-15H,4-7,9,12-13,16H2,1-3H3;6,8-9,12-13H,4-5,7,10-11,14H2,1-3H3;4,6-7,10-11H,5,8-9,12-13H2,1-3H3;4-6,9-10H,7-8,11-12H2,1-3H3;6,8-9,11-12H,2-5,7,10H2,1H3;4-5,7,10H,6,8-9H2,1-3H3;4-5,8H,6-7H2,1-3H3;4-6,8H2,1-3H3;4-5H2,1-3H3,(H,8,9);6-9H,3-5H2,1-2H3;3H,1,4-6H2,2H3;1-4H3;2*4H,1-3H3. The van der Waals surface area contributed by atoms with Crippen LogP contribution in [0.3, 0.4) is 0 Å². The first-order valence-corrected chi connectivity index (χ1v) is 59.2. The third-order valence-electron chi connectivity index (χ3n) is 22.2. The normalized spacial score (nSPS) is 11.4. The number of hydrogen-bond donors (Lipinski definition) is 4. The number of nitrogens with two attached hydrogens (primary N) is 1. The number of hydrogen-bond acceptors (Lipinski definition) is 6. The lowest BCUT2D eigenvalue weighted by atomic mass is 9.89. The van der Waals surface area contributed by atoms with Crippen LogP contribution in [0.15, 0.2) is 206 Å². The van der Waals surface area contributed by atoms with E-state index in [4.69, 9.17) is 21.1 Å². The molecule has 1 atom stereocenters. The molecule has 0 fully saturated rings. The largest absolute Gasteiger partial charge is 0.481 e. The monoisotopic (exact) mass is 2030 g/mol. The Labute approximate surface area is 911 Å². The average molecular weight is 2030 g/mol. The maximum Gasteiger partial charge on any atom is 0.303 e. The van der Waals surface area contributed by atoms with Gasteiger partial charge >= 0.3 is 5.97 Å². The van der Waals surface area contributed by atoms with E-state index in [0.29, 0.717) is 55.7 Å². The molecule has 2 aromatic heterocycles. The van der Waals surface area contributed by atoms with Crippen LogP contribution in [0.25, 0.3) is 0 Å².